The topological polar surface area (TPSA) is 34.2 Å². The average molecular weight is 403 g/mol. The lowest BCUT2D eigenvalue weighted by atomic mass is 9.95. The zero-order valence-electron chi connectivity index (χ0n) is 16.5. The molecule has 28 heavy (non-hydrogen) atoms. The first-order chi connectivity index (χ1) is 13.7. The van der Waals surface area contributed by atoms with Crippen LogP contribution in [0.25, 0.3) is 0 Å². The van der Waals surface area contributed by atoms with E-state index in [9.17, 15) is 0 Å². The third-order valence-electron chi connectivity index (χ3n) is 5.67. The lowest BCUT2D eigenvalue weighted by Crippen LogP contribution is -2.48. The molecule has 2 aromatic carbocycles. The number of nitrogens with zero attached hydrogens (tertiary/aromatic N) is 2. The first-order valence-corrected chi connectivity index (χ1v) is 10.2. The molecule has 0 aliphatic carbocycles. The predicted molar refractivity (Wildman–Crippen MR) is 112 cm³/mol. The van der Waals surface area contributed by atoms with E-state index in [2.05, 4.69) is 21.9 Å². The molecule has 2 aliphatic rings. The standard InChI is InChI=1S/C22H27ClN2O3/c1-26-20-7-6-18-19(22(20)27-2)8-13-28-21(18)15-24-9-11-25(12-10-24)17-5-3-4-16(23)14-17/h3-7,14,21H,8-13,15H2,1-2H3. The lowest BCUT2D eigenvalue weighted by molar-refractivity contribution is 0.0142. The predicted octanol–water partition coefficient (Wildman–Crippen LogP) is 3.79. The van der Waals surface area contributed by atoms with E-state index in [0.29, 0.717) is 6.61 Å². The smallest absolute Gasteiger partial charge is 0.164 e. The summed E-state index contributed by atoms with van der Waals surface area (Å²) in [4.78, 5) is 4.88. The van der Waals surface area contributed by atoms with Gasteiger partial charge in [-0.25, -0.2) is 0 Å². The summed E-state index contributed by atoms with van der Waals surface area (Å²) in [5, 5.41) is 0.788. The van der Waals surface area contributed by atoms with Gasteiger partial charge in [-0.3, -0.25) is 4.90 Å². The number of hydrogen-bond donors (Lipinski definition) is 0. The fraction of sp³-hybridized carbons (Fsp3) is 0.455. The molecular formula is C22H27ClN2O3. The Morgan fingerprint density at radius 3 is 2.61 bits per heavy atom. The van der Waals surface area contributed by atoms with Crippen molar-refractivity contribution in [3.8, 4) is 11.5 Å². The molecule has 0 amide bonds. The number of fused-ring (bicyclic) bond motifs is 1. The highest BCUT2D eigenvalue weighted by Crippen LogP contribution is 2.39. The molecule has 0 spiro atoms. The first-order valence-electron chi connectivity index (χ1n) is 9.78. The fourth-order valence-electron chi connectivity index (χ4n) is 4.21. The Kier molecular flexibility index (Phi) is 5.95. The van der Waals surface area contributed by atoms with Crippen LogP contribution >= 0.6 is 11.6 Å². The third kappa shape index (κ3) is 3.93. The quantitative estimate of drug-likeness (QED) is 0.760. The second-order valence-electron chi connectivity index (χ2n) is 7.25. The molecule has 6 heteroatoms. The van der Waals surface area contributed by atoms with Crippen molar-refractivity contribution in [1.82, 2.24) is 4.90 Å². The van der Waals surface area contributed by atoms with Crippen LogP contribution in [0, 0.1) is 0 Å². The van der Waals surface area contributed by atoms with Gasteiger partial charge in [-0.05, 0) is 36.2 Å². The monoisotopic (exact) mass is 402 g/mol. The Bertz CT molecular complexity index is 821. The second kappa shape index (κ2) is 8.60. The molecular weight excluding hydrogens is 376 g/mol. The van der Waals surface area contributed by atoms with Gasteiger partial charge in [0.2, 0.25) is 0 Å². The van der Waals surface area contributed by atoms with E-state index in [4.69, 9.17) is 25.8 Å². The van der Waals surface area contributed by atoms with Gasteiger partial charge < -0.3 is 19.1 Å². The maximum absolute atomic E-state index is 6.14. The summed E-state index contributed by atoms with van der Waals surface area (Å²) in [7, 11) is 3.39. The van der Waals surface area contributed by atoms with E-state index >= 15 is 0 Å². The van der Waals surface area contributed by atoms with Crippen molar-refractivity contribution >= 4 is 17.3 Å². The van der Waals surface area contributed by atoms with E-state index in [1.807, 2.05) is 24.3 Å². The zero-order valence-corrected chi connectivity index (χ0v) is 17.2. The lowest BCUT2D eigenvalue weighted by Gasteiger charge is -2.38. The molecule has 0 aromatic heterocycles. The fourth-order valence-corrected chi connectivity index (χ4v) is 4.39. The number of ether oxygens (including phenoxy) is 3. The molecule has 5 nitrogen and oxygen atoms in total. The number of anilines is 1. The van der Waals surface area contributed by atoms with Crippen molar-refractivity contribution in [3.63, 3.8) is 0 Å². The molecule has 150 valence electrons. The molecule has 1 atom stereocenters. The Morgan fingerprint density at radius 1 is 1.07 bits per heavy atom. The van der Waals surface area contributed by atoms with Crippen LogP contribution in [-0.4, -0.2) is 58.5 Å². The molecule has 0 bridgehead atoms. The first kappa shape index (κ1) is 19.4. The van der Waals surface area contributed by atoms with Crippen molar-refractivity contribution in [2.45, 2.75) is 12.5 Å². The summed E-state index contributed by atoms with van der Waals surface area (Å²) < 4.78 is 17.2. The van der Waals surface area contributed by atoms with Crippen molar-refractivity contribution < 1.29 is 14.2 Å². The number of benzene rings is 2. The molecule has 2 aromatic rings. The maximum atomic E-state index is 6.14. The SMILES string of the molecule is COc1ccc2c(c1OC)CCOC2CN1CCN(c2cccc(Cl)c2)CC1. The molecule has 0 N–H and O–H groups in total. The van der Waals surface area contributed by atoms with E-state index in [-0.39, 0.29) is 6.10 Å². The van der Waals surface area contributed by atoms with Gasteiger partial charge in [0, 0.05) is 49.0 Å². The molecule has 1 unspecified atom stereocenters. The normalized spacial score (nSPS) is 20.0. The van der Waals surface area contributed by atoms with Gasteiger partial charge >= 0.3 is 0 Å². The summed E-state index contributed by atoms with van der Waals surface area (Å²) in [5.74, 6) is 1.64. The largest absolute Gasteiger partial charge is 0.493 e. The van der Waals surface area contributed by atoms with Gasteiger partial charge in [-0.1, -0.05) is 23.7 Å². The molecule has 2 aliphatic heterocycles. The minimum Gasteiger partial charge on any atom is -0.493 e. The van der Waals surface area contributed by atoms with Crippen LogP contribution in [-0.2, 0) is 11.2 Å². The number of hydrogen-bond acceptors (Lipinski definition) is 5. The average Bonchev–Trinajstić information content (AvgIpc) is 2.73. The highest BCUT2D eigenvalue weighted by Gasteiger charge is 2.28. The Morgan fingerprint density at radius 2 is 1.89 bits per heavy atom. The molecule has 4 rings (SSSR count). The highest BCUT2D eigenvalue weighted by molar-refractivity contribution is 6.30. The van der Waals surface area contributed by atoms with Crippen LogP contribution in [0.3, 0.4) is 0 Å². The second-order valence-corrected chi connectivity index (χ2v) is 7.68. The number of methoxy groups -OCH3 is 2. The van der Waals surface area contributed by atoms with Gasteiger partial charge in [0.15, 0.2) is 11.5 Å². The Labute approximate surface area is 171 Å². The van der Waals surface area contributed by atoms with Crippen LogP contribution < -0.4 is 14.4 Å². The van der Waals surface area contributed by atoms with Crippen LogP contribution in [0.15, 0.2) is 36.4 Å². The highest BCUT2D eigenvalue weighted by atomic mass is 35.5. The summed E-state index contributed by atoms with van der Waals surface area (Å²) in [6.45, 7) is 5.61. The van der Waals surface area contributed by atoms with E-state index in [0.717, 1.165) is 55.7 Å². The van der Waals surface area contributed by atoms with E-state index < -0.39 is 0 Å². The van der Waals surface area contributed by atoms with Crippen LogP contribution in [0.1, 0.15) is 17.2 Å². The molecule has 0 radical (unpaired) electrons. The summed E-state index contributed by atoms with van der Waals surface area (Å²) in [6.07, 6.45) is 0.927. The van der Waals surface area contributed by atoms with Gasteiger partial charge in [-0.15, -0.1) is 0 Å². The zero-order chi connectivity index (χ0) is 19.5. The van der Waals surface area contributed by atoms with Gasteiger partial charge in [0.25, 0.3) is 0 Å². The van der Waals surface area contributed by atoms with Gasteiger partial charge in [0.1, 0.15) is 0 Å². The molecule has 1 saturated heterocycles. The van der Waals surface area contributed by atoms with Gasteiger partial charge in [0.05, 0.1) is 26.9 Å². The summed E-state index contributed by atoms with van der Waals surface area (Å²) in [5.41, 5.74) is 3.64. The Hall–Kier alpha value is -1.95. The maximum Gasteiger partial charge on any atom is 0.164 e. The third-order valence-corrected chi connectivity index (χ3v) is 5.91. The van der Waals surface area contributed by atoms with Crippen molar-refractivity contribution in [3.05, 3.63) is 52.5 Å². The van der Waals surface area contributed by atoms with E-state index in [1.165, 1.54) is 16.8 Å². The minimum absolute atomic E-state index is 0.0706. The molecule has 0 saturated carbocycles. The van der Waals surface area contributed by atoms with E-state index in [1.54, 1.807) is 14.2 Å². The van der Waals surface area contributed by atoms with Crippen LogP contribution in [0.2, 0.25) is 5.02 Å². The number of rotatable bonds is 5. The summed E-state index contributed by atoms with van der Waals surface area (Å²) in [6, 6.07) is 12.2. The van der Waals surface area contributed by atoms with Crippen LogP contribution in [0.5, 0.6) is 11.5 Å². The minimum atomic E-state index is 0.0706. The van der Waals surface area contributed by atoms with Crippen molar-refractivity contribution in [2.75, 3.05) is 58.5 Å². The van der Waals surface area contributed by atoms with Gasteiger partial charge in [-0.2, -0.15) is 0 Å². The van der Waals surface area contributed by atoms with Crippen LogP contribution in [0.4, 0.5) is 5.69 Å². The van der Waals surface area contributed by atoms with Crippen molar-refractivity contribution in [1.29, 1.82) is 0 Å². The van der Waals surface area contributed by atoms with Crippen molar-refractivity contribution in [2.24, 2.45) is 0 Å². The Balaban J connectivity index is 1.43. The summed E-state index contributed by atoms with van der Waals surface area (Å²) >= 11 is 6.14. The molecule has 1 fully saturated rings. The number of piperazine rings is 1. The number of halogens is 1. The molecule has 2 heterocycles.